The van der Waals surface area contributed by atoms with Crippen LogP contribution in [-0.2, 0) is 0 Å². The van der Waals surface area contributed by atoms with E-state index in [4.69, 9.17) is 16.9 Å². The van der Waals surface area contributed by atoms with Gasteiger partial charge in [-0.05, 0) is 34.3 Å². The molecule has 1 aromatic rings. The van der Waals surface area contributed by atoms with Crippen molar-refractivity contribution >= 4 is 39.3 Å². The van der Waals surface area contributed by atoms with Crippen molar-refractivity contribution in [3.8, 4) is 6.07 Å². The molecule has 0 aliphatic heterocycles. The molecule has 0 aliphatic rings. The molecule has 0 fully saturated rings. The van der Waals surface area contributed by atoms with Gasteiger partial charge < -0.3 is 0 Å². The summed E-state index contributed by atoms with van der Waals surface area (Å²) in [4.78, 5) is 0.827. The third-order valence-electron chi connectivity index (χ3n) is 1.37. The third kappa shape index (κ3) is 1.77. The van der Waals surface area contributed by atoms with Crippen molar-refractivity contribution in [1.82, 2.24) is 0 Å². The lowest BCUT2D eigenvalue weighted by Gasteiger charge is -2.03. The van der Waals surface area contributed by atoms with Crippen molar-refractivity contribution in [2.75, 3.05) is 6.26 Å². The van der Waals surface area contributed by atoms with Crippen LogP contribution in [0.3, 0.4) is 0 Å². The summed E-state index contributed by atoms with van der Waals surface area (Å²) in [6.45, 7) is 0. The minimum atomic E-state index is 0.606. The van der Waals surface area contributed by atoms with Gasteiger partial charge in [0.05, 0.1) is 10.6 Å². The zero-order chi connectivity index (χ0) is 9.14. The van der Waals surface area contributed by atoms with Crippen LogP contribution in [0.5, 0.6) is 0 Å². The van der Waals surface area contributed by atoms with E-state index >= 15 is 0 Å². The zero-order valence-corrected chi connectivity index (χ0v) is 9.42. The van der Waals surface area contributed by atoms with Crippen LogP contribution in [0.2, 0.25) is 5.02 Å². The second kappa shape index (κ2) is 4.18. The van der Waals surface area contributed by atoms with Crippen molar-refractivity contribution in [2.45, 2.75) is 4.90 Å². The van der Waals surface area contributed by atoms with Gasteiger partial charge in [0.25, 0.3) is 0 Å². The number of rotatable bonds is 1. The number of hydrogen-bond acceptors (Lipinski definition) is 2. The fourth-order valence-corrected chi connectivity index (χ4v) is 2.40. The molecule has 0 N–H and O–H groups in total. The molecule has 0 aromatic heterocycles. The van der Waals surface area contributed by atoms with Gasteiger partial charge in [0.1, 0.15) is 6.07 Å². The van der Waals surface area contributed by atoms with E-state index in [1.54, 1.807) is 12.1 Å². The standard InChI is InChI=1S/C8H5BrClNS/c1-12-8-5(4-11)6(9)2-3-7(8)10/h2-3H,1H3. The highest BCUT2D eigenvalue weighted by Crippen LogP contribution is 2.33. The Kier molecular flexibility index (Phi) is 3.45. The molecule has 0 radical (unpaired) electrons. The Morgan fingerprint density at radius 3 is 2.67 bits per heavy atom. The second-order valence-corrected chi connectivity index (χ2v) is 4.13. The molecule has 1 aromatic carbocycles. The van der Waals surface area contributed by atoms with E-state index in [-0.39, 0.29) is 0 Å². The van der Waals surface area contributed by atoms with Gasteiger partial charge in [0.15, 0.2) is 0 Å². The molecule has 1 nitrogen and oxygen atoms in total. The Hall–Kier alpha value is -0.170. The molecule has 0 aliphatic carbocycles. The van der Waals surface area contributed by atoms with Crippen LogP contribution in [-0.4, -0.2) is 6.26 Å². The molecule has 0 amide bonds. The highest BCUT2D eigenvalue weighted by Gasteiger charge is 2.08. The van der Waals surface area contributed by atoms with Crippen LogP contribution in [0.25, 0.3) is 0 Å². The lowest BCUT2D eigenvalue weighted by atomic mass is 10.2. The van der Waals surface area contributed by atoms with Crippen molar-refractivity contribution in [2.24, 2.45) is 0 Å². The summed E-state index contributed by atoms with van der Waals surface area (Å²) in [6, 6.07) is 5.66. The van der Waals surface area contributed by atoms with Crippen LogP contribution in [0.4, 0.5) is 0 Å². The SMILES string of the molecule is CSc1c(Cl)ccc(Br)c1C#N. The second-order valence-electron chi connectivity index (χ2n) is 2.05. The topological polar surface area (TPSA) is 23.8 Å². The maximum Gasteiger partial charge on any atom is 0.102 e. The Morgan fingerprint density at radius 2 is 2.25 bits per heavy atom. The van der Waals surface area contributed by atoms with E-state index in [0.717, 1.165) is 9.37 Å². The number of thioether (sulfide) groups is 1. The summed E-state index contributed by atoms with van der Waals surface area (Å²) in [5.74, 6) is 0. The Balaban J connectivity index is 3.41. The first-order valence-corrected chi connectivity index (χ1v) is 5.52. The molecule has 12 heavy (non-hydrogen) atoms. The van der Waals surface area contributed by atoms with Crippen molar-refractivity contribution in [3.05, 3.63) is 27.2 Å². The summed E-state index contributed by atoms with van der Waals surface area (Å²) in [5.41, 5.74) is 0.606. The van der Waals surface area contributed by atoms with Gasteiger partial charge in [-0.3, -0.25) is 0 Å². The molecule has 0 spiro atoms. The highest BCUT2D eigenvalue weighted by atomic mass is 79.9. The Bertz CT molecular complexity index is 346. The van der Waals surface area contributed by atoms with E-state index in [9.17, 15) is 0 Å². The predicted molar refractivity (Wildman–Crippen MR) is 55.6 cm³/mol. The molecule has 0 saturated heterocycles. The maximum absolute atomic E-state index is 8.80. The van der Waals surface area contributed by atoms with Crippen LogP contribution < -0.4 is 0 Å². The average molecular weight is 263 g/mol. The fraction of sp³-hybridized carbons (Fsp3) is 0.125. The minimum Gasteiger partial charge on any atom is -0.192 e. The molecule has 0 bridgehead atoms. The minimum absolute atomic E-state index is 0.606. The van der Waals surface area contributed by atoms with Gasteiger partial charge in [0, 0.05) is 9.37 Å². The van der Waals surface area contributed by atoms with Crippen LogP contribution in [0.1, 0.15) is 5.56 Å². The first kappa shape index (κ1) is 9.91. The Labute approximate surface area is 88.8 Å². The summed E-state index contributed by atoms with van der Waals surface area (Å²) >= 11 is 10.7. The monoisotopic (exact) mass is 261 g/mol. The lowest BCUT2D eigenvalue weighted by molar-refractivity contribution is 1.35. The smallest absolute Gasteiger partial charge is 0.102 e. The molecule has 62 valence electrons. The lowest BCUT2D eigenvalue weighted by Crippen LogP contribution is -1.83. The maximum atomic E-state index is 8.80. The summed E-state index contributed by atoms with van der Waals surface area (Å²) < 4.78 is 0.791. The molecule has 4 heteroatoms. The van der Waals surface area contributed by atoms with Gasteiger partial charge >= 0.3 is 0 Å². The highest BCUT2D eigenvalue weighted by molar-refractivity contribution is 9.10. The number of nitriles is 1. The number of halogens is 2. The number of nitrogens with zero attached hydrogens (tertiary/aromatic N) is 1. The van der Waals surface area contributed by atoms with Crippen molar-refractivity contribution in [1.29, 1.82) is 5.26 Å². The summed E-state index contributed by atoms with van der Waals surface area (Å²) in [6.07, 6.45) is 1.90. The van der Waals surface area contributed by atoms with Crippen LogP contribution in [0, 0.1) is 11.3 Å². The van der Waals surface area contributed by atoms with E-state index < -0.39 is 0 Å². The summed E-state index contributed by atoms with van der Waals surface area (Å²) in [5, 5.41) is 9.43. The first-order valence-electron chi connectivity index (χ1n) is 3.12. The predicted octanol–water partition coefficient (Wildman–Crippen LogP) is 3.70. The first-order chi connectivity index (χ1) is 5.70. The van der Waals surface area contributed by atoms with Gasteiger partial charge in [-0.1, -0.05) is 11.6 Å². The zero-order valence-electron chi connectivity index (χ0n) is 6.27. The molecule has 0 atom stereocenters. The Morgan fingerprint density at radius 1 is 1.58 bits per heavy atom. The van der Waals surface area contributed by atoms with E-state index in [2.05, 4.69) is 22.0 Å². The number of benzene rings is 1. The molecular weight excluding hydrogens is 258 g/mol. The van der Waals surface area contributed by atoms with E-state index in [0.29, 0.717) is 10.6 Å². The van der Waals surface area contributed by atoms with E-state index in [1.807, 2.05) is 6.26 Å². The third-order valence-corrected chi connectivity index (χ3v) is 3.29. The normalized spacial score (nSPS) is 9.50. The van der Waals surface area contributed by atoms with Crippen molar-refractivity contribution < 1.29 is 0 Å². The quantitative estimate of drug-likeness (QED) is 0.721. The van der Waals surface area contributed by atoms with Gasteiger partial charge in [0.2, 0.25) is 0 Å². The average Bonchev–Trinajstić information content (AvgIpc) is 2.08. The molecule has 0 heterocycles. The van der Waals surface area contributed by atoms with Crippen LogP contribution in [0.15, 0.2) is 21.5 Å². The molecule has 1 rings (SSSR count). The molecular formula is C8H5BrClNS. The van der Waals surface area contributed by atoms with Gasteiger partial charge in [-0.25, -0.2) is 0 Å². The van der Waals surface area contributed by atoms with Gasteiger partial charge in [-0.2, -0.15) is 5.26 Å². The van der Waals surface area contributed by atoms with Crippen molar-refractivity contribution in [3.63, 3.8) is 0 Å². The van der Waals surface area contributed by atoms with Crippen LogP contribution >= 0.6 is 39.3 Å². The molecule has 0 unspecified atom stereocenters. The number of hydrogen-bond donors (Lipinski definition) is 0. The van der Waals surface area contributed by atoms with Gasteiger partial charge in [-0.15, -0.1) is 11.8 Å². The largest absolute Gasteiger partial charge is 0.192 e. The summed E-state index contributed by atoms with van der Waals surface area (Å²) in [7, 11) is 0. The fourth-order valence-electron chi connectivity index (χ4n) is 0.837. The molecule has 0 saturated carbocycles. The van der Waals surface area contributed by atoms with E-state index in [1.165, 1.54) is 11.8 Å².